The molecule has 0 unspecified atom stereocenters. The molecule has 24 heavy (non-hydrogen) atoms. The van der Waals surface area contributed by atoms with Gasteiger partial charge in [-0.2, -0.15) is 0 Å². The number of aromatic nitrogens is 1. The Balaban J connectivity index is 1.52. The lowest BCUT2D eigenvalue weighted by Gasteiger charge is -2.34. The van der Waals surface area contributed by atoms with Crippen molar-refractivity contribution >= 4 is 22.2 Å². The van der Waals surface area contributed by atoms with Crippen LogP contribution in [0.2, 0.25) is 0 Å². The molecule has 2 heterocycles. The van der Waals surface area contributed by atoms with Crippen molar-refractivity contribution in [2.45, 2.75) is 13.3 Å². The van der Waals surface area contributed by atoms with Crippen LogP contribution in [0.3, 0.4) is 0 Å². The Hall–Kier alpha value is -1.92. The van der Waals surface area contributed by atoms with Crippen LogP contribution in [0.15, 0.2) is 47.1 Å². The van der Waals surface area contributed by atoms with Gasteiger partial charge in [-0.15, -0.1) is 11.3 Å². The Labute approximate surface area is 147 Å². The summed E-state index contributed by atoms with van der Waals surface area (Å²) in [4.78, 5) is 14.6. The van der Waals surface area contributed by atoms with Gasteiger partial charge in [-0.1, -0.05) is 35.5 Å². The molecule has 0 spiro atoms. The third-order valence-electron chi connectivity index (χ3n) is 4.14. The number of thiazole rings is 1. The largest absolute Gasteiger partial charge is 0.396 e. The lowest BCUT2D eigenvalue weighted by molar-refractivity contribution is 0.157. The summed E-state index contributed by atoms with van der Waals surface area (Å²) in [5.74, 6) is 0. The lowest BCUT2D eigenvalue weighted by atomic mass is 10.1. The van der Waals surface area contributed by atoms with E-state index in [4.69, 9.17) is 4.84 Å². The highest BCUT2D eigenvalue weighted by molar-refractivity contribution is 7.13. The summed E-state index contributed by atoms with van der Waals surface area (Å²) in [7, 11) is 0. The molecule has 0 amide bonds. The highest BCUT2D eigenvalue weighted by atomic mass is 32.1. The number of hydrogen-bond acceptors (Lipinski definition) is 6. The number of oxime groups is 1. The predicted octanol–water partition coefficient (Wildman–Crippen LogP) is 3.10. The predicted molar refractivity (Wildman–Crippen MR) is 100.0 cm³/mol. The summed E-state index contributed by atoms with van der Waals surface area (Å²) in [6.07, 6.45) is 2.78. The Kier molecular flexibility index (Phi) is 6.20. The monoisotopic (exact) mass is 344 g/mol. The molecule has 0 saturated carbocycles. The van der Waals surface area contributed by atoms with E-state index in [1.165, 1.54) is 0 Å². The highest BCUT2D eigenvalue weighted by Crippen LogP contribution is 2.19. The maximum Gasteiger partial charge on any atom is 0.185 e. The first-order valence-corrected chi connectivity index (χ1v) is 9.36. The summed E-state index contributed by atoms with van der Waals surface area (Å²) in [5.41, 5.74) is 2.17. The second-order valence-corrected chi connectivity index (χ2v) is 6.59. The van der Waals surface area contributed by atoms with E-state index >= 15 is 0 Å². The molecular weight excluding hydrogens is 320 g/mol. The van der Waals surface area contributed by atoms with E-state index in [9.17, 15) is 0 Å². The number of benzene rings is 1. The second-order valence-electron chi connectivity index (χ2n) is 5.72. The van der Waals surface area contributed by atoms with Crippen molar-refractivity contribution in [3.8, 4) is 0 Å². The van der Waals surface area contributed by atoms with Crippen LogP contribution in [-0.2, 0) is 4.84 Å². The number of nitrogens with zero attached hydrogens (tertiary/aromatic N) is 4. The van der Waals surface area contributed by atoms with Gasteiger partial charge in [-0.25, -0.2) is 4.98 Å². The summed E-state index contributed by atoms with van der Waals surface area (Å²) in [5, 5.41) is 7.50. The molecule has 1 aromatic carbocycles. The zero-order valence-electron chi connectivity index (χ0n) is 14.1. The number of piperazine rings is 1. The van der Waals surface area contributed by atoms with Gasteiger partial charge < -0.3 is 9.74 Å². The minimum atomic E-state index is 0.600. The minimum absolute atomic E-state index is 0.600. The van der Waals surface area contributed by atoms with Crippen molar-refractivity contribution in [2.24, 2.45) is 5.16 Å². The minimum Gasteiger partial charge on any atom is -0.396 e. The molecule has 5 nitrogen and oxygen atoms in total. The molecule has 0 bridgehead atoms. The van der Waals surface area contributed by atoms with Crippen molar-refractivity contribution in [1.29, 1.82) is 0 Å². The molecule has 6 heteroatoms. The van der Waals surface area contributed by atoms with Crippen LogP contribution in [0.25, 0.3) is 0 Å². The van der Waals surface area contributed by atoms with Gasteiger partial charge in [0.15, 0.2) is 5.13 Å². The molecule has 0 N–H and O–H groups in total. The van der Waals surface area contributed by atoms with Crippen molar-refractivity contribution in [3.05, 3.63) is 47.5 Å². The van der Waals surface area contributed by atoms with Crippen LogP contribution >= 0.6 is 11.3 Å². The molecule has 1 fully saturated rings. The lowest BCUT2D eigenvalue weighted by Crippen LogP contribution is -2.46. The smallest absolute Gasteiger partial charge is 0.185 e. The third kappa shape index (κ3) is 4.55. The summed E-state index contributed by atoms with van der Waals surface area (Å²) in [6.45, 7) is 7.78. The van der Waals surface area contributed by atoms with Gasteiger partial charge in [0, 0.05) is 50.7 Å². The first-order valence-electron chi connectivity index (χ1n) is 8.48. The number of anilines is 1. The maximum absolute atomic E-state index is 5.31. The Bertz CT molecular complexity index is 622. The Morgan fingerprint density at radius 1 is 1.21 bits per heavy atom. The van der Waals surface area contributed by atoms with E-state index in [0.717, 1.165) is 55.6 Å². The Morgan fingerprint density at radius 2 is 2.00 bits per heavy atom. The fourth-order valence-electron chi connectivity index (χ4n) is 2.81. The van der Waals surface area contributed by atoms with Gasteiger partial charge in [0.05, 0.1) is 5.71 Å². The molecule has 0 aliphatic carbocycles. The van der Waals surface area contributed by atoms with Crippen molar-refractivity contribution in [1.82, 2.24) is 9.88 Å². The van der Waals surface area contributed by atoms with Crippen LogP contribution in [0.5, 0.6) is 0 Å². The first kappa shape index (κ1) is 16.9. The van der Waals surface area contributed by atoms with Gasteiger partial charge in [0.25, 0.3) is 0 Å². The molecule has 2 aromatic rings. The third-order valence-corrected chi connectivity index (χ3v) is 4.97. The average molecular weight is 344 g/mol. The van der Waals surface area contributed by atoms with E-state index in [0.29, 0.717) is 6.61 Å². The quantitative estimate of drug-likeness (QED) is 0.572. The SMILES string of the molecule is CCO/N=C(/CCN1CCN(c2nccs2)CC1)c1ccccc1. The standard InChI is InChI=1S/C18H24N4OS/c1-2-23-20-17(16-6-4-3-5-7-16)8-10-21-11-13-22(14-12-21)18-19-9-15-24-18/h3-7,9,15H,2,8,10-14H2,1H3/b20-17-. The zero-order valence-corrected chi connectivity index (χ0v) is 14.9. The maximum atomic E-state index is 5.31. The zero-order chi connectivity index (χ0) is 16.6. The molecule has 128 valence electrons. The first-order chi connectivity index (χ1) is 11.9. The molecule has 3 rings (SSSR count). The molecular formula is C18H24N4OS. The molecule has 0 atom stereocenters. The molecule has 1 saturated heterocycles. The van der Waals surface area contributed by atoms with Gasteiger partial charge in [0.2, 0.25) is 0 Å². The average Bonchev–Trinajstić information content (AvgIpc) is 3.18. The number of rotatable bonds is 7. The van der Waals surface area contributed by atoms with Crippen LogP contribution in [0.1, 0.15) is 18.9 Å². The van der Waals surface area contributed by atoms with E-state index < -0.39 is 0 Å². The van der Waals surface area contributed by atoms with E-state index in [-0.39, 0.29) is 0 Å². The van der Waals surface area contributed by atoms with Crippen molar-refractivity contribution < 1.29 is 4.84 Å². The van der Waals surface area contributed by atoms with Gasteiger partial charge >= 0.3 is 0 Å². The highest BCUT2D eigenvalue weighted by Gasteiger charge is 2.19. The van der Waals surface area contributed by atoms with E-state index in [2.05, 4.69) is 32.1 Å². The van der Waals surface area contributed by atoms with E-state index in [1.54, 1.807) is 11.3 Å². The van der Waals surface area contributed by atoms with Crippen LogP contribution in [-0.4, -0.2) is 54.9 Å². The fourth-order valence-corrected chi connectivity index (χ4v) is 3.51. The van der Waals surface area contributed by atoms with E-state index in [1.807, 2.05) is 36.7 Å². The van der Waals surface area contributed by atoms with Gasteiger partial charge in [-0.3, -0.25) is 4.90 Å². The molecule has 0 radical (unpaired) electrons. The summed E-state index contributed by atoms with van der Waals surface area (Å²) < 4.78 is 0. The second kappa shape index (κ2) is 8.80. The molecule has 1 aliphatic rings. The van der Waals surface area contributed by atoms with Gasteiger partial charge in [-0.05, 0) is 12.5 Å². The van der Waals surface area contributed by atoms with Crippen LogP contribution in [0.4, 0.5) is 5.13 Å². The summed E-state index contributed by atoms with van der Waals surface area (Å²) >= 11 is 1.72. The fraction of sp³-hybridized carbons (Fsp3) is 0.444. The normalized spacial score (nSPS) is 16.4. The van der Waals surface area contributed by atoms with Crippen molar-refractivity contribution in [2.75, 3.05) is 44.2 Å². The topological polar surface area (TPSA) is 41.0 Å². The van der Waals surface area contributed by atoms with Crippen LogP contribution in [0, 0.1) is 0 Å². The number of hydrogen-bond donors (Lipinski definition) is 0. The van der Waals surface area contributed by atoms with Crippen LogP contribution < -0.4 is 4.90 Å². The molecule has 1 aromatic heterocycles. The van der Waals surface area contributed by atoms with Gasteiger partial charge in [0.1, 0.15) is 6.61 Å². The summed E-state index contributed by atoms with van der Waals surface area (Å²) in [6, 6.07) is 10.3. The molecule has 1 aliphatic heterocycles. The Morgan fingerprint density at radius 3 is 2.67 bits per heavy atom. The van der Waals surface area contributed by atoms with Crippen molar-refractivity contribution in [3.63, 3.8) is 0 Å².